The Balaban J connectivity index is 1.66. The summed E-state index contributed by atoms with van der Waals surface area (Å²) in [6.45, 7) is -0.100. The summed E-state index contributed by atoms with van der Waals surface area (Å²) in [5.74, 6) is -0.128. The molecule has 1 heterocycles. The highest BCUT2D eigenvalue weighted by atomic mass is 32.1. The Bertz CT molecular complexity index is 704. The number of para-hydroxylation sites is 1. The zero-order valence-corrected chi connectivity index (χ0v) is 13.2. The van der Waals surface area contributed by atoms with Gasteiger partial charge in [-0.25, -0.2) is 4.79 Å². The highest BCUT2D eigenvalue weighted by Gasteiger charge is 2.09. The number of nitrogens with zero attached hydrogens (tertiary/aromatic N) is 1. The third-order valence-electron chi connectivity index (χ3n) is 2.96. The van der Waals surface area contributed by atoms with Gasteiger partial charge in [-0.05, 0) is 30.0 Å². The van der Waals surface area contributed by atoms with E-state index in [1.807, 2.05) is 17.5 Å². The van der Waals surface area contributed by atoms with Gasteiger partial charge in [-0.15, -0.1) is 11.3 Å². The van der Waals surface area contributed by atoms with Crippen LogP contribution in [0.2, 0.25) is 0 Å². The average molecular weight is 329 g/mol. The van der Waals surface area contributed by atoms with E-state index in [1.165, 1.54) is 11.3 Å². The van der Waals surface area contributed by atoms with Gasteiger partial charge in [-0.3, -0.25) is 4.79 Å². The van der Waals surface area contributed by atoms with Crippen molar-refractivity contribution in [3.05, 3.63) is 52.2 Å². The number of thiophene rings is 1. The molecule has 0 amide bonds. The Morgan fingerprint density at radius 2 is 2.00 bits per heavy atom. The van der Waals surface area contributed by atoms with E-state index in [4.69, 9.17) is 14.7 Å². The highest BCUT2D eigenvalue weighted by Crippen LogP contribution is 2.16. The maximum atomic E-state index is 11.7. The van der Waals surface area contributed by atoms with E-state index in [-0.39, 0.29) is 19.0 Å². The summed E-state index contributed by atoms with van der Waals surface area (Å²) in [6.07, 6.45) is 0.809. The Hall–Kier alpha value is -2.65. The summed E-state index contributed by atoms with van der Waals surface area (Å²) in [7, 11) is 0. The number of Topliss-reactive ketones (excluding diaryl/α,β-unsaturated/α-hetero) is 1. The molecule has 0 bridgehead atoms. The maximum absolute atomic E-state index is 11.7. The molecule has 0 radical (unpaired) electrons. The van der Waals surface area contributed by atoms with Crippen LogP contribution in [-0.4, -0.2) is 25.0 Å². The smallest absolute Gasteiger partial charge is 0.344 e. The van der Waals surface area contributed by atoms with Crippen LogP contribution in [0, 0.1) is 11.3 Å². The van der Waals surface area contributed by atoms with Gasteiger partial charge in [-0.1, -0.05) is 18.2 Å². The number of hydrogen-bond acceptors (Lipinski definition) is 6. The molecule has 0 N–H and O–H groups in total. The van der Waals surface area contributed by atoms with E-state index >= 15 is 0 Å². The van der Waals surface area contributed by atoms with Crippen molar-refractivity contribution in [3.63, 3.8) is 0 Å². The van der Waals surface area contributed by atoms with E-state index in [2.05, 4.69) is 0 Å². The van der Waals surface area contributed by atoms with Crippen molar-refractivity contribution in [2.24, 2.45) is 0 Å². The third kappa shape index (κ3) is 5.24. The van der Waals surface area contributed by atoms with Gasteiger partial charge in [-0.2, -0.15) is 5.26 Å². The SMILES string of the molecule is N#Cc1ccccc1OCC(=O)OCCCC(=O)c1cccs1. The first kappa shape index (κ1) is 16.7. The molecule has 6 heteroatoms. The number of esters is 1. The standard InChI is InChI=1S/C17H15NO4S/c18-11-13-5-1-2-7-15(13)22-12-17(20)21-9-3-6-14(19)16-8-4-10-23-16/h1-2,4-5,7-8,10H,3,6,9,12H2. The van der Waals surface area contributed by atoms with Gasteiger partial charge < -0.3 is 9.47 Å². The predicted molar refractivity (Wildman–Crippen MR) is 85.5 cm³/mol. The van der Waals surface area contributed by atoms with Crippen LogP contribution in [-0.2, 0) is 9.53 Å². The lowest BCUT2D eigenvalue weighted by Gasteiger charge is -2.07. The first-order valence-corrected chi connectivity index (χ1v) is 7.93. The summed E-state index contributed by atoms with van der Waals surface area (Å²) in [4.78, 5) is 24.0. The molecule has 23 heavy (non-hydrogen) atoms. The Morgan fingerprint density at radius 3 is 2.74 bits per heavy atom. The number of hydrogen-bond donors (Lipinski definition) is 0. The highest BCUT2D eigenvalue weighted by molar-refractivity contribution is 7.12. The molecule has 1 aromatic carbocycles. The first-order valence-electron chi connectivity index (χ1n) is 7.05. The molecule has 5 nitrogen and oxygen atoms in total. The fourth-order valence-electron chi connectivity index (χ4n) is 1.84. The second-order valence-corrected chi connectivity index (χ2v) is 5.57. The molecule has 0 saturated heterocycles. The van der Waals surface area contributed by atoms with Crippen LogP contribution in [0.3, 0.4) is 0 Å². The number of nitriles is 1. The molecule has 2 aromatic rings. The normalized spacial score (nSPS) is 9.87. The Morgan fingerprint density at radius 1 is 1.17 bits per heavy atom. The van der Waals surface area contributed by atoms with Crippen LogP contribution in [0.25, 0.3) is 0 Å². The monoisotopic (exact) mass is 329 g/mol. The van der Waals surface area contributed by atoms with Crippen LogP contribution < -0.4 is 4.74 Å². The minimum atomic E-state index is -0.527. The summed E-state index contributed by atoms with van der Waals surface area (Å²) < 4.78 is 10.3. The van der Waals surface area contributed by atoms with Gasteiger partial charge in [0.1, 0.15) is 11.8 Å². The zero-order chi connectivity index (χ0) is 16.5. The molecular formula is C17H15NO4S. The molecule has 1 aromatic heterocycles. The van der Waals surface area contributed by atoms with Crippen LogP contribution in [0.15, 0.2) is 41.8 Å². The van der Waals surface area contributed by atoms with Gasteiger partial charge in [0.25, 0.3) is 0 Å². The molecule has 0 fully saturated rings. The average Bonchev–Trinajstić information content (AvgIpc) is 3.11. The molecule has 2 rings (SSSR count). The van der Waals surface area contributed by atoms with E-state index < -0.39 is 5.97 Å². The van der Waals surface area contributed by atoms with Crippen LogP contribution in [0.4, 0.5) is 0 Å². The van der Waals surface area contributed by atoms with Crippen molar-refractivity contribution in [2.45, 2.75) is 12.8 Å². The lowest BCUT2D eigenvalue weighted by atomic mass is 10.2. The number of carbonyl (C=O) groups is 2. The van der Waals surface area contributed by atoms with Crippen molar-refractivity contribution in [2.75, 3.05) is 13.2 Å². The number of benzene rings is 1. The minimum absolute atomic E-state index is 0.0512. The molecule has 0 saturated carbocycles. The van der Waals surface area contributed by atoms with Crippen molar-refractivity contribution in [1.29, 1.82) is 5.26 Å². The van der Waals surface area contributed by atoms with E-state index in [1.54, 1.807) is 30.3 Å². The molecule has 0 spiro atoms. The van der Waals surface area contributed by atoms with E-state index in [9.17, 15) is 9.59 Å². The van der Waals surface area contributed by atoms with E-state index in [0.717, 1.165) is 0 Å². The molecule has 0 aliphatic rings. The number of ether oxygens (including phenoxy) is 2. The van der Waals surface area contributed by atoms with Crippen molar-refractivity contribution in [1.82, 2.24) is 0 Å². The second kappa shape index (κ2) is 8.71. The van der Waals surface area contributed by atoms with Gasteiger partial charge in [0.05, 0.1) is 17.0 Å². The second-order valence-electron chi connectivity index (χ2n) is 4.62. The Kier molecular flexibility index (Phi) is 6.33. The molecule has 118 valence electrons. The molecule has 0 aliphatic carbocycles. The largest absolute Gasteiger partial charge is 0.481 e. The van der Waals surface area contributed by atoms with Gasteiger partial charge >= 0.3 is 5.97 Å². The van der Waals surface area contributed by atoms with Crippen molar-refractivity contribution < 1.29 is 19.1 Å². The first-order chi connectivity index (χ1) is 11.2. The summed E-state index contributed by atoms with van der Waals surface area (Å²) in [5, 5.41) is 10.8. The quantitative estimate of drug-likeness (QED) is 0.422. The molecule has 0 atom stereocenters. The lowest BCUT2D eigenvalue weighted by Crippen LogP contribution is -2.16. The van der Waals surface area contributed by atoms with Crippen molar-refractivity contribution >= 4 is 23.1 Å². The summed E-state index contributed by atoms with van der Waals surface area (Å²) in [5.41, 5.74) is 0.363. The van der Waals surface area contributed by atoms with Gasteiger partial charge in [0.2, 0.25) is 0 Å². The fraction of sp³-hybridized carbons (Fsp3) is 0.235. The molecular weight excluding hydrogens is 314 g/mol. The van der Waals surface area contributed by atoms with Gasteiger partial charge in [0, 0.05) is 6.42 Å². The number of carbonyl (C=O) groups excluding carboxylic acids is 2. The van der Waals surface area contributed by atoms with Crippen LogP contribution >= 0.6 is 11.3 Å². The molecule has 0 unspecified atom stereocenters. The Labute approximate surface area is 138 Å². The summed E-state index contributed by atoms with van der Waals surface area (Å²) in [6, 6.07) is 12.2. The third-order valence-corrected chi connectivity index (χ3v) is 3.87. The number of ketones is 1. The number of rotatable bonds is 8. The topological polar surface area (TPSA) is 76.4 Å². The minimum Gasteiger partial charge on any atom is -0.481 e. The van der Waals surface area contributed by atoms with Crippen molar-refractivity contribution in [3.8, 4) is 11.8 Å². The summed E-state index contributed by atoms with van der Waals surface area (Å²) >= 11 is 1.40. The van der Waals surface area contributed by atoms with E-state index in [0.29, 0.717) is 29.0 Å². The van der Waals surface area contributed by atoms with Crippen LogP contribution in [0.5, 0.6) is 5.75 Å². The van der Waals surface area contributed by atoms with Gasteiger partial charge in [0.15, 0.2) is 12.4 Å². The zero-order valence-electron chi connectivity index (χ0n) is 12.4. The lowest BCUT2D eigenvalue weighted by molar-refractivity contribution is -0.146. The fourth-order valence-corrected chi connectivity index (χ4v) is 2.54. The predicted octanol–water partition coefficient (Wildman–Crippen LogP) is 3.20. The maximum Gasteiger partial charge on any atom is 0.344 e. The molecule has 0 aliphatic heterocycles. The van der Waals surface area contributed by atoms with Crippen LogP contribution in [0.1, 0.15) is 28.1 Å².